The molecule has 0 saturated heterocycles. The van der Waals surface area contributed by atoms with Gasteiger partial charge in [-0.2, -0.15) is 0 Å². The topological polar surface area (TPSA) is 83.5 Å². The van der Waals surface area contributed by atoms with E-state index in [1.54, 1.807) is 0 Å². The highest BCUT2D eigenvalue weighted by Crippen LogP contribution is 2.21. The second-order valence-corrected chi connectivity index (χ2v) is 7.89. The molecular formula is C18H20FNO4S. The molecule has 0 bridgehead atoms. The van der Waals surface area contributed by atoms with Gasteiger partial charge in [0.1, 0.15) is 5.82 Å². The van der Waals surface area contributed by atoms with E-state index in [1.807, 2.05) is 30.3 Å². The smallest absolute Gasteiger partial charge is 0.303 e. The molecule has 1 unspecified atom stereocenters. The number of anilines is 1. The van der Waals surface area contributed by atoms with Crippen LogP contribution in [0.25, 0.3) is 0 Å². The van der Waals surface area contributed by atoms with Crippen molar-refractivity contribution >= 4 is 21.5 Å². The first-order valence-corrected chi connectivity index (χ1v) is 9.66. The van der Waals surface area contributed by atoms with Gasteiger partial charge in [-0.15, -0.1) is 0 Å². The van der Waals surface area contributed by atoms with Crippen LogP contribution >= 0.6 is 0 Å². The molecule has 0 aliphatic heterocycles. The summed E-state index contributed by atoms with van der Waals surface area (Å²) < 4.78 is 37.2. The van der Waals surface area contributed by atoms with E-state index in [2.05, 4.69) is 5.32 Å². The lowest BCUT2D eigenvalue weighted by Gasteiger charge is -2.20. The molecule has 2 N–H and O–H groups in total. The van der Waals surface area contributed by atoms with E-state index in [9.17, 15) is 17.6 Å². The zero-order valence-electron chi connectivity index (χ0n) is 13.8. The van der Waals surface area contributed by atoms with Crippen molar-refractivity contribution in [3.05, 3.63) is 59.9 Å². The molecular weight excluding hydrogens is 345 g/mol. The number of halogens is 1. The largest absolute Gasteiger partial charge is 0.481 e. The molecule has 25 heavy (non-hydrogen) atoms. The van der Waals surface area contributed by atoms with Crippen molar-refractivity contribution in [1.82, 2.24) is 0 Å². The third-order valence-electron chi connectivity index (χ3n) is 3.76. The Morgan fingerprint density at radius 3 is 2.44 bits per heavy atom. The maximum atomic E-state index is 14.2. The van der Waals surface area contributed by atoms with Crippen LogP contribution in [0.4, 0.5) is 10.1 Å². The second-order valence-electron chi connectivity index (χ2n) is 5.88. The fraction of sp³-hybridized carbons (Fsp3) is 0.278. The molecule has 0 amide bonds. The van der Waals surface area contributed by atoms with Crippen molar-refractivity contribution in [1.29, 1.82) is 0 Å². The van der Waals surface area contributed by atoms with Crippen LogP contribution in [0.15, 0.2) is 53.4 Å². The number of sulfone groups is 1. The molecule has 2 aromatic carbocycles. The zero-order valence-corrected chi connectivity index (χ0v) is 14.6. The Balaban J connectivity index is 2.19. The van der Waals surface area contributed by atoms with Gasteiger partial charge in [0, 0.05) is 18.7 Å². The lowest BCUT2D eigenvalue weighted by Crippen LogP contribution is -2.24. The average Bonchev–Trinajstić information content (AvgIpc) is 2.54. The van der Waals surface area contributed by atoms with Gasteiger partial charge in [0.2, 0.25) is 0 Å². The Morgan fingerprint density at radius 2 is 1.88 bits per heavy atom. The molecule has 5 nitrogen and oxygen atoms in total. The van der Waals surface area contributed by atoms with E-state index >= 15 is 0 Å². The summed E-state index contributed by atoms with van der Waals surface area (Å²) in [6, 6.07) is 12.8. The Hall–Kier alpha value is -2.41. The van der Waals surface area contributed by atoms with Crippen molar-refractivity contribution in [2.75, 3.05) is 11.6 Å². The van der Waals surface area contributed by atoms with Gasteiger partial charge in [-0.1, -0.05) is 30.3 Å². The molecule has 7 heteroatoms. The van der Waals surface area contributed by atoms with Crippen LogP contribution in [0.2, 0.25) is 0 Å². The maximum Gasteiger partial charge on any atom is 0.303 e. The summed E-state index contributed by atoms with van der Waals surface area (Å²) in [6.07, 6.45) is 1.81. The molecule has 2 rings (SSSR count). The number of benzene rings is 2. The van der Waals surface area contributed by atoms with Crippen LogP contribution in [0.1, 0.15) is 18.4 Å². The molecule has 0 aliphatic rings. The summed E-state index contributed by atoms with van der Waals surface area (Å²) in [7, 11) is -3.49. The maximum absolute atomic E-state index is 14.2. The first-order valence-electron chi connectivity index (χ1n) is 7.77. The van der Waals surface area contributed by atoms with Gasteiger partial charge in [-0.25, -0.2) is 12.8 Å². The normalized spacial score (nSPS) is 12.6. The van der Waals surface area contributed by atoms with Gasteiger partial charge < -0.3 is 10.4 Å². The summed E-state index contributed by atoms with van der Waals surface area (Å²) in [6.45, 7) is 0. The average molecular weight is 365 g/mol. The van der Waals surface area contributed by atoms with E-state index in [0.717, 1.165) is 17.9 Å². The molecule has 0 fully saturated rings. The highest BCUT2D eigenvalue weighted by molar-refractivity contribution is 7.90. The zero-order chi connectivity index (χ0) is 18.4. The molecule has 134 valence electrons. The number of hydrogen-bond acceptors (Lipinski definition) is 4. The van der Waals surface area contributed by atoms with Crippen molar-refractivity contribution in [2.24, 2.45) is 0 Å². The number of rotatable bonds is 8. The Morgan fingerprint density at radius 1 is 1.20 bits per heavy atom. The molecule has 1 atom stereocenters. The highest BCUT2D eigenvalue weighted by Gasteiger charge is 2.16. The van der Waals surface area contributed by atoms with E-state index < -0.39 is 21.6 Å². The van der Waals surface area contributed by atoms with E-state index in [1.165, 1.54) is 12.1 Å². The van der Waals surface area contributed by atoms with Crippen LogP contribution in [0.3, 0.4) is 0 Å². The number of aliphatic carboxylic acids is 1. The SMILES string of the molecule is CS(=O)(=O)c1ccc(NC(CCC(=O)O)Cc2ccccc2)c(F)c1. The standard InChI is InChI=1S/C18H20FNO4S/c1-25(23,24)15-8-9-17(16(19)12-15)20-14(7-10-18(21)22)11-13-5-3-2-4-6-13/h2-6,8-9,12,14,20H,7,10-11H2,1H3,(H,21,22). The lowest BCUT2D eigenvalue weighted by atomic mass is 10.0. The highest BCUT2D eigenvalue weighted by atomic mass is 32.2. The van der Waals surface area contributed by atoms with E-state index in [-0.39, 0.29) is 23.0 Å². The fourth-order valence-corrected chi connectivity index (χ4v) is 3.12. The number of carbonyl (C=O) groups is 1. The van der Waals surface area contributed by atoms with Gasteiger partial charge >= 0.3 is 5.97 Å². The monoisotopic (exact) mass is 365 g/mol. The molecule has 0 aromatic heterocycles. The molecule has 0 radical (unpaired) electrons. The molecule has 0 aliphatic carbocycles. The minimum atomic E-state index is -3.49. The van der Waals surface area contributed by atoms with Gasteiger partial charge in [-0.05, 0) is 36.6 Å². The van der Waals surface area contributed by atoms with Gasteiger partial charge in [0.05, 0.1) is 10.6 Å². The summed E-state index contributed by atoms with van der Waals surface area (Å²) >= 11 is 0. The van der Waals surface area contributed by atoms with E-state index in [4.69, 9.17) is 5.11 Å². The molecule has 2 aromatic rings. The number of nitrogens with one attached hydrogen (secondary N) is 1. The van der Waals surface area contributed by atoms with Crippen LogP contribution in [0, 0.1) is 5.82 Å². The van der Waals surface area contributed by atoms with E-state index in [0.29, 0.717) is 12.8 Å². The number of hydrogen-bond donors (Lipinski definition) is 2. The first kappa shape index (κ1) is 18.9. The molecule has 0 saturated carbocycles. The molecule has 0 heterocycles. The second kappa shape index (κ2) is 8.11. The van der Waals surface area contributed by atoms with Crippen LogP contribution in [0.5, 0.6) is 0 Å². The number of carboxylic acid groups (broad SMARTS) is 1. The lowest BCUT2D eigenvalue weighted by molar-refractivity contribution is -0.137. The Labute approximate surface area is 146 Å². The van der Waals surface area contributed by atoms with Crippen molar-refractivity contribution in [3.8, 4) is 0 Å². The Bertz CT molecular complexity index is 837. The van der Waals surface area contributed by atoms with Crippen molar-refractivity contribution in [2.45, 2.75) is 30.2 Å². The van der Waals surface area contributed by atoms with Crippen LogP contribution in [-0.2, 0) is 21.1 Å². The minimum absolute atomic E-state index is 0.0481. The predicted molar refractivity (Wildman–Crippen MR) is 93.9 cm³/mol. The summed E-state index contributed by atoms with van der Waals surface area (Å²) in [4.78, 5) is 10.8. The van der Waals surface area contributed by atoms with Crippen molar-refractivity contribution in [3.63, 3.8) is 0 Å². The van der Waals surface area contributed by atoms with Crippen LogP contribution < -0.4 is 5.32 Å². The minimum Gasteiger partial charge on any atom is -0.481 e. The van der Waals surface area contributed by atoms with Crippen molar-refractivity contribution < 1.29 is 22.7 Å². The third kappa shape index (κ3) is 5.86. The quantitative estimate of drug-likeness (QED) is 0.751. The first-order chi connectivity index (χ1) is 11.8. The predicted octanol–water partition coefficient (Wildman–Crippen LogP) is 3.12. The van der Waals surface area contributed by atoms with Gasteiger partial charge in [0.25, 0.3) is 0 Å². The van der Waals surface area contributed by atoms with Gasteiger partial charge in [-0.3, -0.25) is 4.79 Å². The molecule has 0 spiro atoms. The van der Waals surface area contributed by atoms with Crippen LogP contribution in [-0.4, -0.2) is 31.8 Å². The summed E-state index contributed by atoms with van der Waals surface area (Å²) in [5.41, 5.74) is 1.15. The Kier molecular flexibility index (Phi) is 6.14. The fourth-order valence-electron chi connectivity index (χ4n) is 2.49. The van der Waals surface area contributed by atoms with Gasteiger partial charge in [0.15, 0.2) is 9.84 Å². The summed E-state index contributed by atoms with van der Waals surface area (Å²) in [5, 5.41) is 11.9. The number of carboxylic acids is 1. The third-order valence-corrected chi connectivity index (χ3v) is 4.87. The summed E-state index contributed by atoms with van der Waals surface area (Å²) in [5.74, 6) is -1.61.